The lowest BCUT2D eigenvalue weighted by atomic mass is 10.1. The minimum absolute atomic E-state index is 0.257. The first-order valence-electron chi connectivity index (χ1n) is 3.84. The van der Waals surface area contributed by atoms with E-state index in [9.17, 15) is 4.39 Å². The topological polar surface area (TPSA) is 26.0 Å². The van der Waals surface area contributed by atoms with Crippen LogP contribution in [-0.4, -0.2) is 5.88 Å². The zero-order valence-corrected chi connectivity index (χ0v) is 7.74. The first-order chi connectivity index (χ1) is 6.25. The van der Waals surface area contributed by atoms with Gasteiger partial charge in [0.25, 0.3) is 0 Å². The van der Waals surface area contributed by atoms with Gasteiger partial charge in [-0.1, -0.05) is 17.9 Å². The lowest BCUT2D eigenvalue weighted by molar-refractivity contribution is 0.625. The second-order valence-corrected chi connectivity index (χ2v) is 2.82. The van der Waals surface area contributed by atoms with Crippen molar-refractivity contribution in [2.45, 2.75) is 6.42 Å². The molecule has 1 aromatic rings. The van der Waals surface area contributed by atoms with E-state index in [-0.39, 0.29) is 11.4 Å². The smallest absolute Gasteiger partial charge is 0.140 e. The molecule has 2 N–H and O–H groups in total. The molecule has 0 radical (unpaired) electrons. The summed E-state index contributed by atoms with van der Waals surface area (Å²) in [5.41, 5.74) is 6.15. The summed E-state index contributed by atoms with van der Waals surface area (Å²) in [6.45, 7) is 0. The van der Waals surface area contributed by atoms with Gasteiger partial charge in [0.05, 0.1) is 11.3 Å². The fraction of sp³-hybridized carbons (Fsp3) is 0.200. The number of rotatable bonds is 1. The van der Waals surface area contributed by atoms with Gasteiger partial charge >= 0.3 is 0 Å². The van der Waals surface area contributed by atoms with E-state index >= 15 is 0 Å². The minimum atomic E-state index is -0.387. The van der Waals surface area contributed by atoms with Crippen LogP contribution in [0, 0.1) is 17.7 Å². The lowest BCUT2D eigenvalue weighted by Crippen LogP contribution is -1.93. The number of anilines is 1. The van der Waals surface area contributed by atoms with E-state index in [2.05, 4.69) is 11.8 Å². The molecule has 1 aromatic carbocycles. The van der Waals surface area contributed by atoms with Crippen LogP contribution >= 0.6 is 11.6 Å². The molecule has 0 aliphatic heterocycles. The quantitative estimate of drug-likeness (QED) is 0.418. The van der Waals surface area contributed by atoms with E-state index < -0.39 is 0 Å². The first-order valence-corrected chi connectivity index (χ1v) is 4.38. The molecule has 0 saturated heterocycles. The van der Waals surface area contributed by atoms with Crippen LogP contribution in [0.3, 0.4) is 0 Å². The van der Waals surface area contributed by atoms with Gasteiger partial charge in [0, 0.05) is 12.3 Å². The Morgan fingerprint density at radius 3 is 2.85 bits per heavy atom. The van der Waals surface area contributed by atoms with Crippen molar-refractivity contribution < 1.29 is 4.39 Å². The summed E-state index contributed by atoms with van der Waals surface area (Å²) in [5.74, 6) is 5.44. The maximum absolute atomic E-state index is 13.1. The van der Waals surface area contributed by atoms with Crippen LogP contribution in [-0.2, 0) is 0 Å². The third kappa shape index (κ3) is 2.64. The molecule has 13 heavy (non-hydrogen) atoms. The molecule has 0 bridgehead atoms. The van der Waals surface area contributed by atoms with Crippen molar-refractivity contribution >= 4 is 17.3 Å². The normalized spacial score (nSPS) is 9.08. The number of hydrogen-bond acceptors (Lipinski definition) is 1. The van der Waals surface area contributed by atoms with Gasteiger partial charge in [0.2, 0.25) is 0 Å². The first kappa shape index (κ1) is 9.88. The van der Waals surface area contributed by atoms with Crippen molar-refractivity contribution in [1.29, 1.82) is 0 Å². The SMILES string of the molecule is Nc1cccc(F)c1C#CCCCl. The zero-order chi connectivity index (χ0) is 9.68. The zero-order valence-electron chi connectivity index (χ0n) is 6.98. The number of halogens is 2. The second kappa shape index (κ2) is 4.74. The van der Waals surface area contributed by atoms with Gasteiger partial charge < -0.3 is 5.73 Å². The maximum Gasteiger partial charge on any atom is 0.140 e. The Balaban J connectivity index is 2.95. The molecular formula is C10H9ClFN. The van der Waals surface area contributed by atoms with E-state index in [1.54, 1.807) is 12.1 Å². The van der Waals surface area contributed by atoms with Crippen molar-refractivity contribution in [3.63, 3.8) is 0 Å². The number of alkyl halides is 1. The van der Waals surface area contributed by atoms with Crippen LogP contribution in [0.1, 0.15) is 12.0 Å². The molecule has 0 aliphatic rings. The predicted octanol–water partition coefficient (Wildman–Crippen LogP) is 2.39. The van der Waals surface area contributed by atoms with Gasteiger partial charge in [-0.25, -0.2) is 4.39 Å². The summed E-state index contributed by atoms with van der Waals surface area (Å²) in [5, 5.41) is 0. The Morgan fingerprint density at radius 2 is 2.23 bits per heavy atom. The fourth-order valence-corrected chi connectivity index (χ4v) is 0.965. The molecule has 0 amide bonds. The molecule has 0 heterocycles. The molecule has 0 aliphatic carbocycles. The van der Waals surface area contributed by atoms with Crippen LogP contribution in [0.15, 0.2) is 18.2 Å². The van der Waals surface area contributed by atoms with E-state index in [0.717, 1.165) is 0 Å². The highest BCUT2D eigenvalue weighted by molar-refractivity contribution is 6.18. The summed E-state index contributed by atoms with van der Waals surface area (Å²) in [6.07, 6.45) is 0.537. The van der Waals surface area contributed by atoms with Crippen molar-refractivity contribution in [3.05, 3.63) is 29.6 Å². The summed E-state index contributed by atoms with van der Waals surface area (Å²) in [4.78, 5) is 0. The van der Waals surface area contributed by atoms with Gasteiger partial charge in [-0.2, -0.15) is 0 Å². The van der Waals surface area contributed by atoms with E-state index in [1.165, 1.54) is 6.07 Å². The Hall–Kier alpha value is -1.20. The molecule has 0 spiro atoms. The molecule has 0 fully saturated rings. The summed E-state index contributed by atoms with van der Waals surface area (Å²) in [6, 6.07) is 4.51. The Bertz CT molecular complexity index is 331. The largest absolute Gasteiger partial charge is 0.398 e. The highest BCUT2D eigenvalue weighted by Crippen LogP contribution is 2.13. The van der Waals surface area contributed by atoms with Crippen molar-refractivity contribution in [1.82, 2.24) is 0 Å². The van der Waals surface area contributed by atoms with Crippen LogP contribution in [0.5, 0.6) is 0 Å². The average Bonchev–Trinajstić information content (AvgIpc) is 2.10. The van der Waals surface area contributed by atoms with Gasteiger partial charge in [-0.3, -0.25) is 0 Å². The number of nitrogen functional groups attached to an aromatic ring is 1. The molecule has 68 valence electrons. The standard InChI is InChI=1S/C10H9ClFN/c11-7-2-1-4-8-9(12)5-3-6-10(8)13/h3,5-6H,2,7,13H2. The van der Waals surface area contributed by atoms with E-state index in [4.69, 9.17) is 17.3 Å². The highest BCUT2D eigenvalue weighted by Gasteiger charge is 2.00. The number of benzene rings is 1. The monoisotopic (exact) mass is 197 g/mol. The highest BCUT2D eigenvalue weighted by atomic mass is 35.5. The second-order valence-electron chi connectivity index (χ2n) is 2.44. The van der Waals surface area contributed by atoms with Gasteiger partial charge in [-0.05, 0) is 12.1 Å². The van der Waals surface area contributed by atoms with E-state index in [0.29, 0.717) is 18.0 Å². The van der Waals surface area contributed by atoms with Crippen molar-refractivity contribution in [2.75, 3.05) is 11.6 Å². The van der Waals surface area contributed by atoms with Gasteiger partial charge in [-0.15, -0.1) is 11.6 Å². The average molecular weight is 198 g/mol. The molecule has 1 nitrogen and oxygen atoms in total. The summed E-state index contributed by atoms with van der Waals surface area (Å²) >= 11 is 5.42. The van der Waals surface area contributed by atoms with Crippen molar-refractivity contribution in [3.8, 4) is 11.8 Å². The predicted molar refractivity (Wildman–Crippen MR) is 53.0 cm³/mol. The third-order valence-corrected chi connectivity index (χ3v) is 1.67. The fourth-order valence-electron chi connectivity index (χ4n) is 0.871. The Labute approximate surface area is 81.7 Å². The molecular weight excluding hydrogens is 189 g/mol. The van der Waals surface area contributed by atoms with Crippen molar-refractivity contribution in [2.24, 2.45) is 0 Å². The summed E-state index contributed by atoms with van der Waals surface area (Å²) in [7, 11) is 0. The molecule has 0 atom stereocenters. The third-order valence-electron chi connectivity index (χ3n) is 1.48. The van der Waals surface area contributed by atoms with Crippen LogP contribution in [0.4, 0.5) is 10.1 Å². The molecule has 1 rings (SSSR count). The molecule has 3 heteroatoms. The van der Waals surface area contributed by atoms with Crippen LogP contribution in [0.2, 0.25) is 0 Å². The maximum atomic E-state index is 13.1. The van der Waals surface area contributed by atoms with Crippen LogP contribution < -0.4 is 5.73 Å². The Kier molecular flexibility index (Phi) is 3.60. The van der Waals surface area contributed by atoms with Gasteiger partial charge in [0.1, 0.15) is 5.82 Å². The lowest BCUT2D eigenvalue weighted by Gasteiger charge is -1.97. The van der Waals surface area contributed by atoms with Gasteiger partial charge in [0.15, 0.2) is 0 Å². The molecule has 0 unspecified atom stereocenters. The number of hydrogen-bond donors (Lipinski definition) is 1. The molecule has 0 saturated carbocycles. The van der Waals surface area contributed by atoms with E-state index in [1.807, 2.05) is 0 Å². The Morgan fingerprint density at radius 1 is 1.46 bits per heavy atom. The minimum Gasteiger partial charge on any atom is -0.398 e. The number of nitrogens with two attached hydrogens (primary N) is 1. The summed E-state index contributed by atoms with van der Waals surface area (Å²) < 4.78 is 13.1. The van der Waals surface area contributed by atoms with Crippen LogP contribution in [0.25, 0.3) is 0 Å². The molecule has 0 aromatic heterocycles.